The topological polar surface area (TPSA) is 66.8 Å². The zero-order chi connectivity index (χ0) is 15.0. The van der Waals surface area contributed by atoms with Crippen LogP contribution in [0.25, 0.3) is 0 Å². The average Bonchev–Trinajstić information content (AvgIpc) is 2.54. The zero-order valence-electron chi connectivity index (χ0n) is 11.7. The molecule has 21 heavy (non-hydrogen) atoms. The lowest BCUT2D eigenvalue weighted by molar-refractivity contribution is 0.0991. The number of ether oxygens (including phenoxy) is 1. The van der Waals surface area contributed by atoms with Gasteiger partial charge in [0.15, 0.2) is 5.78 Å². The summed E-state index contributed by atoms with van der Waals surface area (Å²) in [7, 11) is 0. The Kier molecular flexibility index (Phi) is 3.29. The van der Waals surface area contributed by atoms with Crippen LogP contribution in [0.4, 0.5) is 0 Å². The number of carbonyl (C=O) groups is 1. The van der Waals surface area contributed by atoms with Gasteiger partial charge in [0.05, 0.1) is 0 Å². The van der Waals surface area contributed by atoms with Crippen molar-refractivity contribution in [2.24, 2.45) is 0 Å². The fourth-order valence-corrected chi connectivity index (χ4v) is 2.64. The van der Waals surface area contributed by atoms with E-state index in [0.29, 0.717) is 5.75 Å². The van der Waals surface area contributed by atoms with Gasteiger partial charge in [-0.3, -0.25) is 4.79 Å². The monoisotopic (exact) mass is 284 g/mol. The molecule has 4 heteroatoms. The number of aromatic hydroxyl groups is 2. The maximum absolute atomic E-state index is 12.3. The molecule has 0 amide bonds. The smallest absolute Gasteiger partial charge is 0.174 e. The van der Waals surface area contributed by atoms with E-state index in [1.807, 2.05) is 18.2 Å². The highest BCUT2D eigenvalue weighted by Crippen LogP contribution is 2.40. The van der Waals surface area contributed by atoms with E-state index in [4.69, 9.17) is 4.74 Å². The molecule has 0 saturated heterocycles. The van der Waals surface area contributed by atoms with Crippen molar-refractivity contribution < 1.29 is 19.7 Å². The van der Waals surface area contributed by atoms with Gasteiger partial charge >= 0.3 is 0 Å². The molecule has 2 aromatic carbocycles. The van der Waals surface area contributed by atoms with Gasteiger partial charge in [0.25, 0.3) is 0 Å². The van der Waals surface area contributed by atoms with E-state index >= 15 is 0 Å². The van der Waals surface area contributed by atoms with Gasteiger partial charge < -0.3 is 14.9 Å². The second kappa shape index (κ2) is 5.13. The molecule has 0 saturated carbocycles. The minimum atomic E-state index is -0.253. The average molecular weight is 284 g/mol. The molecular weight excluding hydrogens is 268 g/mol. The van der Waals surface area contributed by atoms with Crippen LogP contribution in [0.5, 0.6) is 23.0 Å². The van der Waals surface area contributed by atoms with Gasteiger partial charge in [0.1, 0.15) is 28.6 Å². The number of hydrogen-bond acceptors (Lipinski definition) is 4. The summed E-state index contributed by atoms with van der Waals surface area (Å²) >= 11 is 0. The molecule has 0 bridgehead atoms. The number of hydrogen-bond donors (Lipinski definition) is 2. The number of carbonyl (C=O) groups excluding carboxylic acids is 1. The molecule has 2 N–H and O–H groups in total. The number of aryl methyl sites for hydroxylation is 1. The number of rotatable bonds is 2. The maximum atomic E-state index is 12.3. The normalized spacial score (nSPS) is 13.1. The standard InChI is InChI=1S/C17H16O4/c1-2-3-10-4-5-15-11(6-10)7-13(19)17-14(20)8-12(18)9-16(17)21-15/h4-6,8-9,18,20H,2-3,7H2,1H3. The van der Waals surface area contributed by atoms with E-state index in [9.17, 15) is 15.0 Å². The van der Waals surface area contributed by atoms with Crippen molar-refractivity contribution in [2.45, 2.75) is 26.2 Å². The lowest BCUT2D eigenvalue weighted by atomic mass is 9.99. The fourth-order valence-electron chi connectivity index (χ4n) is 2.64. The van der Waals surface area contributed by atoms with Crippen LogP contribution in [0.2, 0.25) is 0 Å². The van der Waals surface area contributed by atoms with Crippen LogP contribution in [0, 0.1) is 0 Å². The molecule has 0 unspecified atom stereocenters. The Bertz CT molecular complexity index is 719. The molecule has 0 aromatic heterocycles. The summed E-state index contributed by atoms with van der Waals surface area (Å²) in [5, 5.41) is 19.4. The zero-order valence-corrected chi connectivity index (χ0v) is 11.7. The molecule has 0 aliphatic carbocycles. The summed E-state index contributed by atoms with van der Waals surface area (Å²) in [6.45, 7) is 2.10. The lowest BCUT2D eigenvalue weighted by Crippen LogP contribution is -2.02. The van der Waals surface area contributed by atoms with Gasteiger partial charge in [0, 0.05) is 24.1 Å². The number of ketones is 1. The number of phenolic OH excluding ortho intramolecular Hbond substituents is 2. The molecular formula is C17H16O4. The van der Waals surface area contributed by atoms with Crippen molar-refractivity contribution >= 4 is 5.78 Å². The molecule has 3 rings (SSSR count). The second-order valence-electron chi connectivity index (χ2n) is 5.23. The molecule has 2 aromatic rings. The minimum absolute atomic E-state index is 0.126. The molecule has 0 radical (unpaired) electrons. The van der Waals surface area contributed by atoms with Gasteiger partial charge in [-0.05, 0) is 18.1 Å². The van der Waals surface area contributed by atoms with Gasteiger partial charge in [0.2, 0.25) is 0 Å². The summed E-state index contributed by atoms with van der Waals surface area (Å²) in [6.07, 6.45) is 2.15. The molecule has 1 aliphatic heterocycles. The molecule has 0 fully saturated rings. The van der Waals surface area contributed by atoms with Gasteiger partial charge in [-0.25, -0.2) is 0 Å². The third-order valence-electron chi connectivity index (χ3n) is 3.58. The third-order valence-corrected chi connectivity index (χ3v) is 3.58. The van der Waals surface area contributed by atoms with Crippen molar-refractivity contribution in [2.75, 3.05) is 0 Å². The first-order valence-electron chi connectivity index (χ1n) is 6.97. The van der Waals surface area contributed by atoms with Gasteiger partial charge in [-0.1, -0.05) is 25.5 Å². The molecule has 0 atom stereocenters. The van der Waals surface area contributed by atoms with Crippen LogP contribution < -0.4 is 4.74 Å². The molecule has 0 spiro atoms. The van der Waals surface area contributed by atoms with Crippen LogP contribution in [0.1, 0.15) is 34.8 Å². The fraction of sp³-hybridized carbons (Fsp3) is 0.235. The highest BCUT2D eigenvalue weighted by Gasteiger charge is 2.25. The quantitative estimate of drug-likeness (QED) is 0.884. The molecule has 108 valence electrons. The lowest BCUT2D eigenvalue weighted by Gasteiger charge is -2.10. The predicted molar refractivity (Wildman–Crippen MR) is 78.3 cm³/mol. The Morgan fingerprint density at radius 1 is 1.14 bits per heavy atom. The van der Waals surface area contributed by atoms with Crippen LogP contribution >= 0.6 is 0 Å². The van der Waals surface area contributed by atoms with E-state index in [2.05, 4.69) is 6.92 Å². The van der Waals surface area contributed by atoms with Crippen molar-refractivity contribution in [1.82, 2.24) is 0 Å². The van der Waals surface area contributed by atoms with E-state index in [-0.39, 0.29) is 35.0 Å². The Morgan fingerprint density at radius 2 is 1.95 bits per heavy atom. The first kappa shape index (κ1) is 13.5. The van der Waals surface area contributed by atoms with Gasteiger partial charge in [-0.2, -0.15) is 0 Å². The molecule has 4 nitrogen and oxygen atoms in total. The van der Waals surface area contributed by atoms with Crippen LogP contribution in [0.15, 0.2) is 30.3 Å². The van der Waals surface area contributed by atoms with Crippen molar-refractivity contribution in [3.05, 3.63) is 47.0 Å². The Morgan fingerprint density at radius 3 is 2.71 bits per heavy atom. The first-order chi connectivity index (χ1) is 10.1. The summed E-state index contributed by atoms with van der Waals surface area (Å²) in [5.74, 6) is 0.183. The summed E-state index contributed by atoms with van der Waals surface area (Å²) in [4.78, 5) is 12.3. The predicted octanol–water partition coefficient (Wildman–Crippen LogP) is 3.58. The minimum Gasteiger partial charge on any atom is -0.508 e. The number of phenols is 2. The molecule has 1 aliphatic rings. The van der Waals surface area contributed by atoms with E-state index in [1.165, 1.54) is 6.07 Å². The highest BCUT2D eigenvalue weighted by atomic mass is 16.5. The van der Waals surface area contributed by atoms with Crippen molar-refractivity contribution in [3.63, 3.8) is 0 Å². The van der Waals surface area contributed by atoms with Crippen molar-refractivity contribution in [3.8, 4) is 23.0 Å². The van der Waals surface area contributed by atoms with E-state index < -0.39 is 0 Å². The second-order valence-corrected chi connectivity index (χ2v) is 5.23. The summed E-state index contributed by atoms with van der Waals surface area (Å²) in [6, 6.07) is 8.28. The Hall–Kier alpha value is -2.49. The molecule has 1 heterocycles. The summed E-state index contributed by atoms with van der Waals surface area (Å²) < 4.78 is 5.73. The SMILES string of the molecule is CCCc1ccc2c(c1)CC(=O)c1c(O)cc(O)cc1O2. The van der Waals surface area contributed by atoms with Gasteiger partial charge in [-0.15, -0.1) is 0 Å². The number of benzene rings is 2. The number of Topliss-reactive ketones (excluding diaryl/α,β-unsaturated/α-hetero) is 1. The van der Waals surface area contributed by atoms with E-state index in [0.717, 1.165) is 30.0 Å². The summed E-state index contributed by atoms with van der Waals surface area (Å²) in [5.41, 5.74) is 2.09. The highest BCUT2D eigenvalue weighted by molar-refractivity contribution is 6.03. The Labute approximate surface area is 122 Å². The number of fused-ring (bicyclic) bond motifs is 2. The van der Waals surface area contributed by atoms with Crippen LogP contribution in [-0.2, 0) is 12.8 Å². The first-order valence-corrected chi connectivity index (χ1v) is 6.97. The Balaban J connectivity index is 2.09. The van der Waals surface area contributed by atoms with E-state index in [1.54, 1.807) is 0 Å². The largest absolute Gasteiger partial charge is 0.508 e. The maximum Gasteiger partial charge on any atom is 0.174 e. The van der Waals surface area contributed by atoms with Crippen molar-refractivity contribution in [1.29, 1.82) is 0 Å². The third kappa shape index (κ3) is 2.44. The van der Waals surface area contributed by atoms with Crippen LogP contribution in [0.3, 0.4) is 0 Å². The van der Waals surface area contributed by atoms with Crippen LogP contribution in [-0.4, -0.2) is 16.0 Å².